The molecule has 1 fully saturated rings. The number of methoxy groups -OCH3 is 1. The maximum absolute atomic E-state index is 13.9. The summed E-state index contributed by atoms with van der Waals surface area (Å²) in [7, 11) is 1.72. The summed E-state index contributed by atoms with van der Waals surface area (Å²) in [5.41, 5.74) is 6.41. The van der Waals surface area contributed by atoms with Crippen molar-refractivity contribution in [3.63, 3.8) is 0 Å². The van der Waals surface area contributed by atoms with Gasteiger partial charge in [0.25, 0.3) is 0 Å². The molecule has 106 valence electrons. The average Bonchev–Trinajstić information content (AvgIpc) is 2.43. The van der Waals surface area contributed by atoms with Crippen LogP contribution in [-0.2, 0) is 11.2 Å². The van der Waals surface area contributed by atoms with E-state index in [9.17, 15) is 4.39 Å². The number of para-hydroxylation sites is 1. The highest BCUT2D eigenvalue weighted by molar-refractivity contribution is 5.35. The summed E-state index contributed by atoms with van der Waals surface area (Å²) in [4.78, 5) is 0. The highest BCUT2D eigenvalue weighted by Crippen LogP contribution is 2.29. The Balaban J connectivity index is 2.09. The van der Waals surface area contributed by atoms with E-state index in [-0.39, 0.29) is 18.0 Å². The minimum absolute atomic E-state index is 0.0344. The van der Waals surface area contributed by atoms with Gasteiger partial charge in [-0.25, -0.2) is 4.39 Å². The van der Waals surface area contributed by atoms with Crippen LogP contribution in [0.3, 0.4) is 0 Å². The van der Waals surface area contributed by atoms with Gasteiger partial charge in [0.05, 0.1) is 6.10 Å². The number of ether oxygens (including phenoxy) is 2. The number of hydrogen-bond acceptors (Lipinski definition) is 3. The molecule has 0 saturated heterocycles. The molecule has 19 heavy (non-hydrogen) atoms. The van der Waals surface area contributed by atoms with Crippen molar-refractivity contribution in [2.45, 2.75) is 44.3 Å². The predicted octanol–water partition coefficient (Wildman–Crippen LogP) is 2.66. The average molecular weight is 267 g/mol. The van der Waals surface area contributed by atoms with E-state index in [1.807, 2.05) is 6.07 Å². The van der Waals surface area contributed by atoms with Crippen molar-refractivity contribution < 1.29 is 13.9 Å². The molecule has 3 nitrogen and oxygen atoms in total. The second kappa shape index (κ2) is 6.87. The van der Waals surface area contributed by atoms with Crippen molar-refractivity contribution in [1.82, 2.24) is 0 Å². The Labute approximate surface area is 113 Å². The zero-order valence-corrected chi connectivity index (χ0v) is 11.4. The molecular weight excluding hydrogens is 245 g/mol. The van der Waals surface area contributed by atoms with Gasteiger partial charge in [-0.1, -0.05) is 12.1 Å². The molecule has 2 atom stereocenters. The molecule has 2 unspecified atom stereocenters. The van der Waals surface area contributed by atoms with Crippen molar-refractivity contribution >= 4 is 0 Å². The third kappa shape index (κ3) is 3.67. The predicted molar refractivity (Wildman–Crippen MR) is 72.8 cm³/mol. The Morgan fingerprint density at radius 1 is 1.32 bits per heavy atom. The molecule has 1 aliphatic carbocycles. The van der Waals surface area contributed by atoms with E-state index in [1.54, 1.807) is 13.2 Å². The molecule has 1 aliphatic rings. The van der Waals surface area contributed by atoms with Gasteiger partial charge in [-0.05, 0) is 43.9 Å². The van der Waals surface area contributed by atoms with E-state index in [0.29, 0.717) is 18.7 Å². The molecule has 0 radical (unpaired) electrons. The van der Waals surface area contributed by atoms with Gasteiger partial charge in [0.15, 0.2) is 11.6 Å². The minimum Gasteiger partial charge on any atom is -0.487 e. The first-order valence-electron chi connectivity index (χ1n) is 6.91. The van der Waals surface area contributed by atoms with Gasteiger partial charge >= 0.3 is 0 Å². The molecule has 0 spiro atoms. The van der Waals surface area contributed by atoms with Crippen LogP contribution in [0, 0.1) is 5.82 Å². The lowest BCUT2D eigenvalue weighted by atomic mass is 9.94. The topological polar surface area (TPSA) is 44.5 Å². The second-order valence-electron chi connectivity index (χ2n) is 5.03. The van der Waals surface area contributed by atoms with E-state index in [4.69, 9.17) is 15.2 Å². The van der Waals surface area contributed by atoms with Crippen LogP contribution >= 0.6 is 0 Å². The largest absolute Gasteiger partial charge is 0.487 e. The molecule has 1 saturated carbocycles. The highest BCUT2D eigenvalue weighted by Gasteiger charge is 2.24. The number of hydrogen-bond donors (Lipinski definition) is 1. The molecule has 2 rings (SSSR count). The first-order chi connectivity index (χ1) is 9.24. The first-order valence-corrected chi connectivity index (χ1v) is 6.91. The Morgan fingerprint density at radius 2 is 2.11 bits per heavy atom. The van der Waals surface area contributed by atoms with Crippen LogP contribution in [0.2, 0.25) is 0 Å². The Morgan fingerprint density at radius 3 is 2.84 bits per heavy atom. The number of rotatable bonds is 5. The van der Waals surface area contributed by atoms with Crippen molar-refractivity contribution in [3.8, 4) is 5.75 Å². The van der Waals surface area contributed by atoms with Gasteiger partial charge in [0, 0.05) is 13.5 Å². The van der Waals surface area contributed by atoms with E-state index >= 15 is 0 Å². The molecule has 0 aliphatic heterocycles. The lowest BCUT2D eigenvalue weighted by Crippen LogP contribution is -2.30. The van der Waals surface area contributed by atoms with Crippen LogP contribution in [0.5, 0.6) is 5.75 Å². The maximum Gasteiger partial charge on any atom is 0.165 e. The summed E-state index contributed by atoms with van der Waals surface area (Å²) < 4.78 is 25.2. The lowest BCUT2D eigenvalue weighted by Gasteiger charge is -2.29. The SMILES string of the molecule is COC1CCCC(Oc2c(F)cccc2CCN)C1. The summed E-state index contributed by atoms with van der Waals surface area (Å²) >= 11 is 0. The van der Waals surface area contributed by atoms with E-state index in [1.165, 1.54) is 6.07 Å². The summed E-state index contributed by atoms with van der Waals surface area (Å²) in [6.07, 6.45) is 4.79. The summed E-state index contributed by atoms with van der Waals surface area (Å²) in [5.74, 6) is 0.0696. The molecular formula is C15H22FNO2. The summed E-state index contributed by atoms with van der Waals surface area (Å²) in [5, 5.41) is 0. The highest BCUT2D eigenvalue weighted by atomic mass is 19.1. The zero-order valence-electron chi connectivity index (χ0n) is 11.4. The van der Waals surface area contributed by atoms with Gasteiger partial charge in [-0.3, -0.25) is 0 Å². The maximum atomic E-state index is 13.9. The summed E-state index contributed by atoms with van der Waals surface area (Å²) in [6.45, 7) is 0.491. The first kappa shape index (κ1) is 14.3. The van der Waals surface area contributed by atoms with Crippen molar-refractivity contribution in [3.05, 3.63) is 29.6 Å². The number of nitrogens with two attached hydrogens (primary N) is 1. The summed E-state index contributed by atoms with van der Waals surface area (Å²) in [6, 6.07) is 5.01. The number of benzene rings is 1. The van der Waals surface area contributed by atoms with E-state index in [2.05, 4.69) is 0 Å². The fraction of sp³-hybridized carbons (Fsp3) is 0.600. The van der Waals surface area contributed by atoms with Crippen LogP contribution in [0.15, 0.2) is 18.2 Å². The fourth-order valence-electron chi connectivity index (χ4n) is 2.63. The van der Waals surface area contributed by atoms with Crippen molar-refractivity contribution in [1.29, 1.82) is 0 Å². The molecule has 0 bridgehead atoms. The van der Waals surface area contributed by atoms with Gasteiger partial charge in [0.1, 0.15) is 6.10 Å². The third-order valence-electron chi connectivity index (χ3n) is 3.66. The molecule has 1 aromatic carbocycles. The monoisotopic (exact) mass is 267 g/mol. The van der Waals surface area contributed by atoms with E-state index < -0.39 is 0 Å². The van der Waals surface area contributed by atoms with Gasteiger partial charge < -0.3 is 15.2 Å². The standard InChI is InChI=1S/C15H22FNO2/c1-18-12-5-3-6-13(10-12)19-15-11(8-9-17)4-2-7-14(15)16/h2,4,7,12-13H,3,5-6,8-10,17H2,1H3. The third-order valence-corrected chi connectivity index (χ3v) is 3.66. The smallest absolute Gasteiger partial charge is 0.165 e. The van der Waals surface area contributed by atoms with Crippen LogP contribution in [-0.4, -0.2) is 25.9 Å². The van der Waals surface area contributed by atoms with Gasteiger partial charge in [-0.15, -0.1) is 0 Å². The van der Waals surface area contributed by atoms with Crippen LogP contribution in [0.1, 0.15) is 31.2 Å². The fourth-order valence-corrected chi connectivity index (χ4v) is 2.63. The van der Waals surface area contributed by atoms with Gasteiger partial charge in [0.2, 0.25) is 0 Å². The van der Waals surface area contributed by atoms with E-state index in [0.717, 1.165) is 31.2 Å². The minimum atomic E-state index is -0.300. The molecule has 0 aromatic heterocycles. The zero-order chi connectivity index (χ0) is 13.7. The Bertz CT molecular complexity index is 411. The normalized spacial score (nSPS) is 23.3. The molecule has 0 heterocycles. The second-order valence-corrected chi connectivity index (χ2v) is 5.03. The molecule has 2 N–H and O–H groups in total. The van der Waals surface area contributed by atoms with Crippen LogP contribution < -0.4 is 10.5 Å². The molecule has 0 amide bonds. The Hall–Kier alpha value is -1.13. The van der Waals surface area contributed by atoms with Crippen molar-refractivity contribution in [2.24, 2.45) is 5.73 Å². The Kier molecular flexibility index (Phi) is 5.16. The van der Waals surface area contributed by atoms with Crippen molar-refractivity contribution in [2.75, 3.05) is 13.7 Å². The van der Waals surface area contributed by atoms with Crippen LogP contribution in [0.4, 0.5) is 4.39 Å². The van der Waals surface area contributed by atoms with Gasteiger partial charge in [-0.2, -0.15) is 0 Å². The molecule has 4 heteroatoms. The molecule has 1 aromatic rings. The quantitative estimate of drug-likeness (QED) is 0.892. The van der Waals surface area contributed by atoms with Crippen LogP contribution in [0.25, 0.3) is 0 Å². The number of halogens is 1. The lowest BCUT2D eigenvalue weighted by molar-refractivity contribution is 0.0194.